The predicted molar refractivity (Wildman–Crippen MR) is 166 cm³/mol. The second-order valence-corrected chi connectivity index (χ2v) is 12.7. The Morgan fingerprint density at radius 3 is 2.17 bits per heavy atom. The fourth-order valence-corrected chi connectivity index (χ4v) is 4.68. The van der Waals surface area contributed by atoms with Gasteiger partial charge in [0.15, 0.2) is 0 Å². The lowest BCUT2D eigenvalue weighted by atomic mass is 9.91. The first kappa shape index (κ1) is 36.9. The molecule has 42 heavy (non-hydrogen) atoms. The van der Waals surface area contributed by atoms with Gasteiger partial charge in [0.1, 0.15) is 17.7 Å². The molecule has 0 saturated carbocycles. The van der Waals surface area contributed by atoms with Gasteiger partial charge in [0.05, 0.1) is 13.0 Å². The van der Waals surface area contributed by atoms with Crippen molar-refractivity contribution >= 4 is 23.9 Å². The molecule has 0 aliphatic rings. The van der Waals surface area contributed by atoms with E-state index in [0.29, 0.717) is 24.3 Å². The van der Waals surface area contributed by atoms with E-state index < -0.39 is 35.7 Å². The van der Waals surface area contributed by atoms with Crippen LogP contribution in [0, 0.1) is 25.7 Å². The Labute approximate surface area is 253 Å². The summed E-state index contributed by atoms with van der Waals surface area (Å²) in [7, 11) is 0. The molecule has 3 amide bonds. The molecule has 1 rings (SSSR count). The number of alkyl carbamates (subject to hydrolysis) is 1. The van der Waals surface area contributed by atoms with Gasteiger partial charge >= 0.3 is 12.1 Å². The summed E-state index contributed by atoms with van der Waals surface area (Å²) in [5, 5.41) is 5.70. The van der Waals surface area contributed by atoms with Gasteiger partial charge in [-0.1, -0.05) is 57.9 Å². The van der Waals surface area contributed by atoms with Gasteiger partial charge < -0.3 is 25.0 Å². The highest BCUT2D eigenvalue weighted by Gasteiger charge is 2.40. The van der Waals surface area contributed by atoms with Crippen molar-refractivity contribution < 1.29 is 28.7 Å². The van der Waals surface area contributed by atoms with Crippen LogP contribution in [-0.4, -0.2) is 59.6 Å². The molecule has 1 aromatic carbocycles. The van der Waals surface area contributed by atoms with E-state index in [4.69, 9.17) is 9.47 Å². The molecule has 4 unspecified atom stereocenters. The molecule has 0 aliphatic heterocycles. The molecule has 2 N–H and O–H groups in total. The number of amides is 3. The Balaban J connectivity index is 3.68. The average Bonchev–Trinajstić information content (AvgIpc) is 2.88. The van der Waals surface area contributed by atoms with E-state index in [1.54, 1.807) is 32.6 Å². The van der Waals surface area contributed by atoms with E-state index in [2.05, 4.69) is 24.5 Å². The SMILES string of the molecule is CCOC(=O)CCNC(=O)C(c1cc(C)ccc1C)N(C(=O)C(NC(=O)OC(C)(C)C)C(C)CC)C(C)CCC(C)C. The minimum absolute atomic E-state index is 0.0195. The van der Waals surface area contributed by atoms with Gasteiger partial charge in [-0.15, -0.1) is 0 Å². The van der Waals surface area contributed by atoms with Gasteiger partial charge in [-0.2, -0.15) is 0 Å². The third kappa shape index (κ3) is 12.0. The molecule has 0 aromatic heterocycles. The Hall–Kier alpha value is -3.10. The molecular formula is C33H55N3O6. The number of rotatable bonds is 15. The molecule has 4 atom stereocenters. The Morgan fingerprint density at radius 2 is 1.62 bits per heavy atom. The van der Waals surface area contributed by atoms with Crippen molar-refractivity contribution in [2.75, 3.05) is 13.2 Å². The molecule has 0 fully saturated rings. The monoisotopic (exact) mass is 589 g/mol. The van der Waals surface area contributed by atoms with E-state index in [1.165, 1.54) is 0 Å². The number of benzene rings is 1. The number of aryl methyl sites for hydroxylation is 2. The molecule has 1 aromatic rings. The van der Waals surface area contributed by atoms with Crippen molar-refractivity contribution in [3.8, 4) is 0 Å². The van der Waals surface area contributed by atoms with E-state index in [-0.39, 0.29) is 37.4 Å². The van der Waals surface area contributed by atoms with Crippen LogP contribution in [-0.2, 0) is 23.9 Å². The van der Waals surface area contributed by atoms with E-state index in [1.807, 2.05) is 52.8 Å². The summed E-state index contributed by atoms with van der Waals surface area (Å²) in [4.78, 5) is 55.2. The molecule has 0 saturated heterocycles. The van der Waals surface area contributed by atoms with Crippen LogP contribution in [0.3, 0.4) is 0 Å². The molecule has 238 valence electrons. The van der Waals surface area contributed by atoms with Crippen LogP contribution in [0.4, 0.5) is 4.79 Å². The van der Waals surface area contributed by atoms with Crippen molar-refractivity contribution in [1.82, 2.24) is 15.5 Å². The first-order valence-electron chi connectivity index (χ1n) is 15.3. The summed E-state index contributed by atoms with van der Waals surface area (Å²) >= 11 is 0. The summed E-state index contributed by atoms with van der Waals surface area (Å²) in [5.74, 6) is -0.975. The van der Waals surface area contributed by atoms with Gasteiger partial charge in [0.2, 0.25) is 11.8 Å². The number of nitrogens with zero attached hydrogens (tertiary/aromatic N) is 1. The van der Waals surface area contributed by atoms with Crippen molar-refractivity contribution in [1.29, 1.82) is 0 Å². The fraction of sp³-hybridized carbons (Fsp3) is 0.697. The lowest BCUT2D eigenvalue weighted by Crippen LogP contribution is -2.57. The predicted octanol–water partition coefficient (Wildman–Crippen LogP) is 6.01. The van der Waals surface area contributed by atoms with E-state index >= 15 is 0 Å². The number of ether oxygens (including phenoxy) is 2. The highest BCUT2D eigenvalue weighted by atomic mass is 16.6. The van der Waals surface area contributed by atoms with Crippen LogP contribution in [0.5, 0.6) is 0 Å². The van der Waals surface area contributed by atoms with E-state index in [9.17, 15) is 19.2 Å². The zero-order valence-electron chi connectivity index (χ0n) is 27.8. The fourth-order valence-electron chi connectivity index (χ4n) is 4.68. The minimum Gasteiger partial charge on any atom is -0.466 e. The number of carbonyl (C=O) groups excluding carboxylic acids is 4. The smallest absolute Gasteiger partial charge is 0.408 e. The van der Waals surface area contributed by atoms with Gasteiger partial charge in [-0.25, -0.2) is 4.79 Å². The maximum Gasteiger partial charge on any atom is 0.408 e. The lowest BCUT2D eigenvalue weighted by molar-refractivity contribution is -0.147. The summed E-state index contributed by atoms with van der Waals surface area (Å²) in [6.07, 6.45) is 1.48. The van der Waals surface area contributed by atoms with Crippen molar-refractivity contribution in [3.05, 3.63) is 34.9 Å². The highest BCUT2D eigenvalue weighted by Crippen LogP contribution is 2.31. The van der Waals surface area contributed by atoms with Crippen molar-refractivity contribution in [2.24, 2.45) is 11.8 Å². The Morgan fingerprint density at radius 1 is 0.976 bits per heavy atom. The van der Waals surface area contributed by atoms with E-state index in [0.717, 1.165) is 17.5 Å². The largest absolute Gasteiger partial charge is 0.466 e. The van der Waals surface area contributed by atoms with Crippen molar-refractivity contribution in [3.63, 3.8) is 0 Å². The number of hydrogen-bond acceptors (Lipinski definition) is 6. The molecular weight excluding hydrogens is 534 g/mol. The number of nitrogens with one attached hydrogen (secondary N) is 2. The molecule has 9 heteroatoms. The lowest BCUT2D eigenvalue weighted by Gasteiger charge is -2.40. The second kappa shape index (κ2) is 17.1. The molecule has 0 heterocycles. The van der Waals surface area contributed by atoms with Gasteiger partial charge in [0.25, 0.3) is 0 Å². The van der Waals surface area contributed by atoms with Gasteiger partial charge in [-0.3, -0.25) is 14.4 Å². The highest BCUT2D eigenvalue weighted by molar-refractivity contribution is 5.93. The third-order valence-electron chi connectivity index (χ3n) is 7.23. The summed E-state index contributed by atoms with van der Waals surface area (Å²) in [5.41, 5.74) is 1.78. The molecule has 0 bridgehead atoms. The van der Waals surface area contributed by atoms with Crippen LogP contribution in [0.2, 0.25) is 0 Å². The standard InChI is InChI=1S/C33H55N3O6/c1-12-23(6)28(35-32(40)42-33(9,10)11)31(39)36(25(8)17-14-21(3)4)29(26-20-22(5)15-16-24(26)7)30(38)34-19-18-27(37)41-13-2/h15-16,20-21,23,25,28-29H,12-14,17-19H2,1-11H3,(H,34,38)(H,35,40). The number of hydrogen-bond donors (Lipinski definition) is 2. The molecule has 0 radical (unpaired) electrons. The van der Waals surface area contributed by atoms with Crippen molar-refractivity contribution in [2.45, 2.75) is 126 Å². The first-order valence-corrected chi connectivity index (χ1v) is 15.3. The van der Waals surface area contributed by atoms with Crippen LogP contribution in [0.25, 0.3) is 0 Å². The van der Waals surface area contributed by atoms with Crippen LogP contribution in [0.15, 0.2) is 18.2 Å². The zero-order valence-corrected chi connectivity index (χ0v) is 27.8. The minimum atomic E-state index is -0.978. The topological polar surface area (TPSA) is 114 Å². The van der Waals surface area contributed by atoms with Gasteiger partial charge in [0, 0.05) is 12.6 Å². The number of carbonyl (C=O) groups is 4. The van der Waals surface area contributed by atoms with Crippen LogP contribution in [0.1, 0.15) is 111 Å². The molecule has 0 spiro atoms. The Bertz CT molecular complexity index is 1050. The summed E-state index contributed by atoms with van der Waals surface area (Å²) in [6, 6.07) is 3.62. The van der Waals surface area contributed by atoms with Gasteiger partial charge in [-0.05, 0) is 84.3 Å². The number of esters is 1. The quantitative estimate of drug-likeness (QED) is 0.242. The second-order valence-electron chi connectivity index (χ2n) is 12.7. The maximum absolute atomic E-state index is 14.6. The first-order chi connectivity index (χ1) is 19.5. The normalized spacial score (nSPS) is 14.4. The third-order valence-corrected chi connectivity index (χ3v) is 7.23. The van der Waals surface area contributed by atoms with Crippen LogP contribution < -0.4 is 10.6 Å². The summed E-state index contributed by atoms with van der Waals surface area (Å²) < 4.78 is 10.5. The Kier molecular flexibility index (Phi) is 15.1. The molecule has 0 aliphatic carbocycles. The van der Waals surface area contributed by atoms with Crippen LogP contribution >= 0.6 is 0 Å². The average molecular weight is 590 g/mol. The summed E-state index contributed by atoms with van der Waals surface area (Å²) in [6.45, 7) is 21.3. The zero-order chi connectivity index (χ0) is 32.2. The molecule has 9 nitrogen and oxygen atoms in total. The maximum atomic E-state index is 14.6.